The van der Waals surface area contributed by atoms with Crippen LogP contribution in [-0.4, -0.2) is 41.2 Å². The minimum Gasteiger partial charge on any atom is -0.368 e. The molecule has 1 aliphatic heterocycles. The zero-order chi connectivity index (χ0) is 18.7. The summed E-state index contributed by atoms with van der Waals surface area (Å²) in [4.78, 5) is 16.1. The van der Waals surface area contributed by atoms with Crippen molar-refractivity contribution in [2.24, 2.45) is 0 Å². The van der Waals surface area contributed by atoms with Crippen LogP contribution in [0.3, 0.4) is 0 Å². The Kier molecular flexibility index (Phi) is 5.54. The number of piperazine rings is 1. The Balaban J connectivity index is 1.66. The van der Waals surface area contributed by atoms with Crippen LogP contribution in [0, 0.1) is 5.82 Å². The van der Waals surface area contributed by atoms with Crippen molar-refractivity contribution < 1.29 is 14.4 Å². The molecule has 1 heterocycles. The second kappa shape index (κ2) is 7.85. The number of carbonyl (C=O) groups is 1. The number of rotatable bonds is 4. The predicted molar refractivity (Wildman–Crippen MR) is 98.8 cm³/mol. The van der Waals surface area contributed by atoms with Crippen molar-refractivity contribution in [3.05, 3.63) is 65.5 Å². The van der Waals surface area contributed by atoms with E-state index in [2.05, 4.69) is 23.6 Å². The van der Waals surface area contributed by atoms with E-state index in [4.69, 9.17) is 5.21 Å². The van der Waals surface area contributed by atoms with E-state index in [1.54, 1.807) is 17.6 Å². The number of hydrogen-bond acceptors (Lipinski definition) is 4. The first-order valence-corrected chi connectivity index (χ1v) is 8.77. The van der Waals surface area contributed by atoms with Crippen LogP contribution in [-0.2, 0) is 6.54 Å². The summed E-state index contributed by atoms with van der Waals surface area (Å²) in [5.41, 5.74) is 4.24. The number of hydroxylamine groups is 1. The highest BCUT2D eigenvalue weighted by Gasteiger charge is 2.29. The van der Waals surface area contributed by atoms with Gasteiger partial charge >= 0.3 is 0 Å². The Morgan fingerprint density at radius 2 is 1.65 bits per heavy atom. The number of benzene rings is 2. The number of halogens is 1. The fourth-order valence-electron chi connectivity index (χ4n) is 3.57. The van der Waals surface area contributed by atoms with E-state index < -0.39 is 5.91 Å². The summed E-state index contributed by atoms with van der Waals surface area (Å²) in [7, 11) is 0. The van der Waals surface area contributed by atoms with Crippen LogP contribution in [0.5, 0.6) is 0 Å². The second-order valence-corrected chi connectivity index (χ2v) is 6.89. The van der Waals surface area contributed by atoms with E-state index in [1.165, 1.54) is 12.1 Å². The number of nitrogens with one attached hydrogen (secondary N) is 1. The lowest BCUT2D eigenvalue weighted by Crippen LogP contribution is -2.56. The number of carbonyl (C=O) groups excluding carboxylic acids is 1. The van der Waals surface area contributed by atoms with Gasteiger partial charge in [-0.25, -0.2) is 9.87 Å². The highest BCUT2D eigenvalue weighted by atomic mass is 19.1. The average Bonchev–Trinajstić information content (AvgIpc) is 2.65. The number of nitrogens with zero attached hydrogens (tertiary/aromatic N) is 2. The monoisotopic (exact) mass is 357 g/mol. The molecule has 0 saturated carbocycles. The van der Waals surface area contributed by atoms with Crippen molar-refractivity contribution in [3.8, 4) is 0 Å². The topological polar surface area (TPSA) is 55.8 Å². The molecule has 0 bridgehead atoms. The first-order chi connectivity index (χ1) is 12.5. The predicted octanol–water partition coefficient (Wildman–Crippen LogP) is 3.04. The van der Waals surface area contributed by atoms with E-state index in [9.17, 15) is 9.18 Å². The zero-order valence-corrected chi connectivity index (χ0v) is 15.0. The fourth-order valence-corrected chi connectivity index (χ4v) is 3.57. The van der Waals surface area contributed by atoms with Gasteiger partial charge in [0.15, 0.2) is 0 Å². The zero-order valence-electron chi connectivity index (χ0n) is 15.0. The van der Waals surface area contributed by atoms with Crippen LogP contribution in [0.25, 0.3) is 0 Å². The molecular weight excluding hydrogens is 333 g/mol. The molecule has 2 aromatic rings. The molecule has 2 atom stereocenters. The maximum absolute atomic E-state index is 13.1. The third-order valence-corrected chi connectivity index (χ3v) is 4.98. The molecule has 0 aromatic heterocycles. The summed E-state index contributed by atoms with van der Waals surface area (Å²) in [6.07, 6.45) is 0. The van der Waals surface area contributed by atoms with Crippen molar-refractivity contribution in [2.75, 3.05) is 18.0 Å². The standard InChI is InChI=1S/C20H24FN3O2/c1-14-11-23(19-9-7-18(21)8-10-19)12-15(2)24(14)13-16-3-5-17(6-4-16)20(25)22-26/h3-10,14-15,26H,11-13H2,1-2H3,(H,22,25)/t14-,15+. The van der Waals surface area contributed by atoms with Crippen LogP contribution >= 0.6 is 0 Å². The Morgan fingerprint density at radius 3 is 2.19 bits per heavy atom. The third kappa shape index (κ3) is 4.03. The summed E-state index contributed by atoms with van der Waals surface area (Å²) in [5.74, 6) is -0.724. The fraction of sp³-hybridized carbons (Fsp3) is 0.350. The van der Waals surface area contributed by atoms with Gasteiger partial charge in [0.05, 0.1) is 0 Å². The first-order valence-electron chi connectivity index (χ1n) is 8.77. The minimum absolute atomic E-state index is 0.216. The number of amides is 1. The van der Waals surface area contributed by atoms with E-state index in [1.807, 2.05) is 24.3 Å². The molecule has 2 aromatic carbocycles. The van der Waals surface area contributed by atoms with Gasteiger partial charge in [-0.3, -0.25) is 14.9 Å². The molecule has 3 rings (SSSR count). The molecule has 5 nitrogen and oxygen atoms in total. The van der Waals surface area contributed by atoms with Crippen molar-refractivity contribution in [3.63, 3.8) is 0 Å². The molecule has 1 aliphatic rings. The van der Waals surface area contributed by atoms with Gasteiger partial charge in [-0.2, -0.15) is 0 Å². The van der Waals surface area contributed by atoms with Crippen LogP contribution in [0.1, 0.15) is 29.8 Å². The summed E-state index contributed by atoms with van der Waals surface area (Å²) in [6.45, 7) is 6.93. The normalized spacial score (nSPS) is 20.8. The molecule has 6 heteroatoms. The van der Waals surface area contributed by atoms with Gasteiger partial charge in [0.25, 0.3) is 5.91 Å². The van der Waals surface area contributed by atoms with E-state index >= 15 is 0 Å². The molecule has 1 saturated heterocycles. The molecule has 0 unspecified atom stereocenters. The number of hydrogen-bond donors (Lipinski definition) is 2. The Hall–Kier alpha value is -2.44. The van der Waals surface area contributed by atoms with Crippen LogP contribution in [0.15, 0.2) is 48.5 Å². The molecule has 2 N–H and O–H groups in total. The molecule has 26 heavy (non-hydrogen) atoms. The van der Waals surface area contributed by atoms with Crippen molar-refractivity contribution in [1.82, 2.24) is 10.4 Å². The quantitative estimate of drug-likeness (QED) is 0.652. The minimum atomic E-state index is -0.508. The highest BCUT2D eigenvalue weighted by Crippen LogP contribution is 2.24. The van der Waals surface area contributed by atoms with Gasteiger partial charge in [-0.15, -0.1) is 0 Å². The SMILES string of the molecule is C[C@@H]1CN(c2ccc(F)cc2)C[C@H](C)N1Cc1ccc(C(=O)NO)cc1. The maximum atomic E-state index is 13.1. The molecule has 0 spiro atoms. The Morgan fingerprint density at radius 1 is 1.08 bits per heavy atom. The van der Waals surface area contributed by atoms with Crippen molar-refractivity contribution in [1.29, 1.82) is 0 Å². The highest BCUT2D eigenvalue weighted by molar-refractivity contribution is 5.93. The van der Waals surface area contributed by atoms with E-state index in [-0.39, 0.29) is 5.82 Å². The van der Waals surface area contributed by atoms with Gasteiger partial charge in [-0.05, 0) is 55.8 Å². The maximum Gasteiger partial charge on any atom is 0.274 e. The summed E-state index contributed by atoms with van der Waals surface area (Å²) >= 11 is 0. The molecule has 0 radical (unpaired) electrons. The summed E-state index contributed by atoms with van der Waals surface area (Å²) < 4.78 is 13.1. The lowest BCUT2D eigenvalue weighted by Gasteiger charge is -2.45. The second-order valence-electron chi connectivity index (χ2n) is 6.89. The first kappa shape index (κ1) is 18.4. The van der Waals surface area contributed by atoms with Crippen molar-refractivity contribution >= 4 is 11.6 Å². The lowest BCUT2D eigenvalue weighted by atomic mass is 10.0. The smallest absolute Gasteiger partial charge is 0.274 e. The lowest BCUT2D eigenvalue weighted by molar-refractivity contribution is 0.0706. The largest absolute Gasteiger partial charge is 0.368 e. The van der Waals surface area contributed by atoms with Crippen molar-refractivity contribution in [2.45, 2.75) is 32.5 Å². The van der Waals surface area contributed by atoms with E-state index in [0.717, 1.165) is 30.9 Å². The van der Waals surface area contributed by atoms with Crippen LogP contribution in [0.4, 0.5) is 10.1 Å². The Labute approximate surface area is 153 Å². The molecule has 138 valence electrons. The van der Waals surface area contributed by atoms with Gasteiger partial charge in [0.1, 0.15) is 5.82 Å². The van der Waals surface area contributed by atoms with Gasteiger partial charge in [0, 0.05) is 43.0 Å². The Bertz CT molecular complexity index is 737. The third-order valence-electron chi connectivity index (χ3n) is 4.98. The molecular formula is C20H24FN3O2. The van der Waals surface area contributed by atoms with Crippen LogP contribution < -0.4 is 10.4 Å². The molecule has 1 fully saturated rings. The van der Waals surface area contributed by atoms with Gasteiger partial charge in [-0.1, -0.05) is 12.1 Å². The molecule has 0 aliphatic carbocycles. The summed E-state index contributed by atoms with van der Waals surface area (Å²) in [5, 5.41) is 8.69. The summed E-state index contributed by atoms with van der Waals surface area (Å²) in [6, 6.07) is 14.6. The van der Waals surface area contributed by atoms with Gasteiger partial charge in [0.2, 0.25) is 0 Å². The molecule has 1 amide bonds. The van der Waals surface area contributed by atoms with Gasteiger partial charge < -0.3 is 4.90 Å². The number of anilines is 1. The van der Waals surface area contributed by atoms with Crippen LogP contribution in [0.2, 0.25) is 0 Å². The van der Waals surface area contributed by atoms with E-state index in [0.29, 0.717) is 17.6 Å². The average molecular weight is 357 g/mol.